The van der Waals surface area contributed by atoms with E-state index in [1.54, 1.807) is 0 Å². The molecule has 2 aliphatic rings. The zero-order valence-electron chi connectivity index (χ0n) is 14.0. The fourth-order valence-corrected chi connectivity index (χ4v) is 3.68. The molecule has 1 saturated heterocycles. The molecule has 1 saturated carbocycles. The lowest BCUT2D eigenvalue weighted by Crippen LogP contribution is -2.57. The maximum atomic E-state index is 13.2. The number of benzene rings is 1. The third-order valence-electron chi connectivity index (χ3n) is 5.31. The number of halogens is 3. The van der Waals surface area contributed by atoms with Crippen molar-refractivity contribution in [2.75, 3.05) is 13.1 Å². The highest BCUT2D eigenvalue weighted by Gasteiger charge is 2.52. The van der Waals surface area contributed by atoms with Crippen molar-refractivity contribution in [1.82, 2.24) is 4.90 Å². The number of aliphatic hydroxyl groups is 1. The highest BCUT2D eigenvalue weighted by molar-refractivity contribution is 5.96. The number of carboxylic acids is 1. The molecule has 3 rings (SSSR count). The summed E-state index contributed by atoms with van der Waals surface area (Å²) in [6.45, 7) is -0.267. The first kappa shape index (κ1) is 18.7. The van der Waals surface area contributed by atoms with E-state index in [4.69, 9.17) is 0 Å². The number of amides is 1. The van der Waals surface area contributed by atoms with Gasteiger partial charge in [-0.1, -0.05) is 25.0 Å². The zero-order chi connectivity index (χ0) is 19.1. The van der Waals surface area contributed by atoms with E-state index in [0.29, 0.717) is 0 Å². The molecular weight excluding hydrogens is 351 g/mol. The number of carbonyl (C=O) groups is 2. The zero-order valence-corrected chi connectivity index (χ0v) is 14.0. The van der Waals surface area contributed by atoms with Crippen LogP contribution in [0, 0.1) is 11.3 Å². The van der Waals surface area contributed by atoms with Crippen LogP contribution in [0.3, 0.4) is 0 Å². The van der Waals surface area contributed by atoms with Crippen molar-refractivity contribution in [2.45, 2.75) is 38.0 Å². The van der Waals surface area contributed by atoms with Gasteiger partial charge >= 0.3 is 12.1 Å². The van der Waals surface area contributed by atoms with Crippen LogP contribution in [0.25, 0.3) is 0 Å². The molecule has 2 fully saturated rings. The van der Waals surface area contributed by atoms with Crippen LogP contribution in [0.2, 0.25) is 0 Å². The van der Waals surface area contributed by atoms with Gasteiger partial charge in [-0.15, -0.1) is 0 Å². The Morgan fingerprint density at radius 1 is 1.19 bits per heavy atom. The van der Waals surface area contributed by atoms with Gasteiger partial charge in [-0.3, -0.25) is 9.59 Å². The summed E-state index contributed by atoms with van der Waals surface area (Å²) in [5.74, 6) is -1.89. The number of aliphatic hydroxyl groups excluding tert-OH is 1. The molecule has 8 heteroatoms. The Kier molecular flexibility index (Phi) is 4.72. The number of carbonyl (C=O) groups excluding carboxylic acids is 1. The largest absolute Gasteiger partial charge is 0.481 e. The summed E-state index contributed by atoms with van der Waals surface area (Å²) < 4.78 is 39.6. The van der Waals surface area contributed by atoms with Crippen LogP contribution in [0.5, 0.6) is 0 Å². The van der Waals surface area contributed by atoms with E-state index in [-0.39, 0.29) is 31.8 Å². The van der Waals surface area contributed by atoms with Crippen LogP contribution in [-0.2, 0) is 11.0 Å². The van der Waals surface area contributed by atoms with Crippen molar-refractivity contribution in [1.29, 1.82) is 0 Å². The number of hydrogen-bond acceptors (Lipinski definition) is 3. The van der Waals surface area contributed by atoms with Crippen molar-refractivity contribution < 1.29 is 33.0 Å². The van der Waals surface area contributed by atoms with Gasteiger partial charge in [0.1, 0.15) is 5.41 Å². The van der Waals surface area contributed by atoms with Gasteiger partial charge in [-0.2, -0.15) is 13.2 Å². The summed E-state index contributed by atoms with van der Waals surface area (Å²) in [6.07, 6.45) is -3.81. The maximum Gasteiger partial charge on any atom is 0.417 e. The van der Waals surface area contributed by atoms with Gasteiger partial charge in [0.05, 0.1) is 17.2 Å². The molecule has 0 radical (unpaired) electrons. The quantitative estimate of drug-likeness (QED) is 0.853. The van der Waals surface area contributed by atoms with E-state index in [1.165, 1.54) is 12.1 Å². The maximum absolute atomic E-state index is 13.2. The van der Waals surface area contributed by atoms with E-state index in [1.807, 2.05) is 0 Å². The number of piperidine rings is 1. The second-order valence-electron chi connectivity index (χ2n) is 7.18. The molecule has 0 unspecified atom stereocenters. The smallest absolute Gasteiger partial charge is 0.417 e. The molecule has 1 aromatic carbocycles. The highest BCUT2D eigenvalue weighted by Crippen LogP contribution is 2.45. The molecule has 1 aliphatic carbocycles. The van der Waals surface area contributed by atoms with Crippen molar-refractivity contribution in [3.05, 3.63) is 35.4 Å². The summed E-state index contributed by atoms with van der Waals surface area (Å²) in [7, 11) is 0. The lowest BCUT2D eigenvalue weighted by Gasteiger charge is -2.43. The fraction of sp³-hybridized carbons (Fsp3) is 0.556. The summed E-state index contributed by atoms with van der Waals surface area (Å²) >= 11 is 0. The van der Waals surface area contributed by atoms with Crippen LogP contribution in [-0.4, -0.2) is 46.2 Å². The molecule has 26 heavy (non-hydrogen) atoms. The Hall–Kier alpha value is -2.09. The first-order chi connectivity index (χ1) is 12.1. The topological polar surface area (TPSA) is 77.8 Å². The molecule has 5 nitrogen and oxygen atoms in total. The van der Waals surface area contributed by atoms with Gasteiger partial charge in [0.25, 0.3) is 5.91 Å². The summed E-state index contributed by atoms with van der Waals surface area (Å²) in [5, 5.41) is 20.0. The summed E-state index contributed by atoms with van der Waals surface area (Å²) in [5.41, 5.74) is -3.07. The van der Waals surface area contributed by atoms with E-state index >= 15 is 0 Å². The molecule has 1 amide bonds. The van der Waals surface area contributed by atoms with Crippen molar-refractivity contribution in [2.24, 2.45) is 11.3 Å². The Morgan fingerprint density at radius 2 is 1.85 bits per heavy atom. The van der Waals surface area contributed by atoms with Crippen LogP contribution in [0.15, 0.2) is 24.3 Å². The van der Waals surface area contributed by atoms with E-state index in [9.17, 15) is 33.0 Å². The predicted molar refractivity (Wildman–Crippen MR) is 85.4 cm³/mol. The molecule has 2 atom stereocenters. The standard InChI is InChI=1S/C18H20F3NO4/c19-18(20,21)13-4-2-1-3-12(13)15(24)22-8-7-14(23)17(10-22,16(25)26)9-11-5-6-11/h1-4,11,14,23H,5-10H2,(H,25,26)/t14-,17+/m0/s1. The molecule has 0 bridgehead atoms. The Balaban J connectivity index is 1.90. The minimum absolute atomic E-state index is 0.0197. The normalized spacial score (nSPS) is 26.6. The van der Waals surface area contributed by atoms with Crippen molar-refractivity contribution >= 4 is 11.9 Å². The van der Waals surface area contributed by atoms with Crippen LogP contribution < -0.4 is 0 Å². The third-order valence-corrected chi connectivity index (χ3v) is 5.31. The summed E-state index contributed by atoms with van der Waals surface area (Å²) in [4.78, 5) is 25.8. The number of aliphatic carboxylic acids is 1. The average molecular weight is 371 g/mol. The van der Waals surface area contributed by atoms with Crippen LogP contribution >= 0.6 is 0 Å². The molecule has 142 valence electrons. The minimum atomic E-state index is -4.68. The second kappa shape index (κ2) is 6.57. The molecular formula is C18H20F3NO4. The first-order valence-corrected chi connectivity index (χ1v) is 8.52. The third kappa shape index (κ3) is 3.42. The molecule has 2 N–H and O–H groups in total. The highest BCUT2D eigenvalue weighted by atomic mass is 19.4. The SMILES string of the molecule is O=C(c1ccccc1C(F)(F)F)N1CC[C@H](O)[C@](CC2CC2)(C(=O)O)C1. The van der Waals surface area contributed by atoms with E-state index in [0.717, 1.165) is 29.9 Å². The lowest BCUT2D eigenvalue weighted by molar-refractivity contribution is -0.163. The number of carboxylic acid groups (broad SMARTS) is 1. The van der Waals surface area contributed by atoms with Crippen molar-refractivity contribution in [3.63, 3.8) is 0 Å². The number of likely N-dealkylation sites (tertiary alicyclic amines) is 1. The van der Waals surface area contributed by atoms with E-state index < -0.39 is 40.7 Å². The molecule has 0 aromatic heterocycles. The van der Waals surface area contributed by atoms with Gasteiger partial charge in [0.2, 0.25) is 0 Å². The summed E-state index contributed by atoms with van der Waals surface area (Å²) in [6, 6.07) is 4.48. The van der Waals surface area contributed by atoms with Crippen LogP contribution in [0.4, 0.5) is 13.2 Å². The molecule has 0 spiro atoms. The van der Waals surface area contributed by atoms with Gasteiger partial charge in [-0.25, -0.2) is 0 Å². The van der Waals surface area contributed by atoms with E-state index in [2.05, 4.69) is 0 Å². The number of rotatable bonds is 4. The fourth-order valence-electron chi connectivity index (χ4n) is 3.68. The monoisotopic (exact) mass is 371 g/mol. The van der Waals surface area contributed by atoms with Gasteiger partial charge in [0.15, 0.2) is 0 Å². The first-order valence-electron chi connectivity index (χ1n) is 8.52. The number of nitrogens with zero attached hydrogens (tertiary/aromatic N) is 1. The van der Waals surface area contributed by atoms with Crippen LogP contribution in [0.1, 0.15) is 41.6 Å². The predicted octanol–water partition coefficient (Wildman–Crippen LogP) is 2.78. The second-order valence-corrected chi connectivity index (χ2v) is 7.18. The van der Waals surface area contributed by atoms with Gasteiger partial charge < -0.3 is 15.1 Å². The number of alkyl halides is 3. The number of hydrogen-bond donors (Lipinski definition) is 2. The molecule has 1 aliphatic heterocycles. The molecule has 1 aromatic rings. The lowest BCUT2D eigenvalue weighted by atomic mass is 9.73. The minimum Gasteiger partial charge on any atom is -0.481 e. The average Bonchev–Trinajstić information content (AvgIpc) is 3.39. The van der Waals surface area contributed by atoms with Gasteiger partial charge in [0, 0.05) is 13.1 Å². The Bertz CT molecular complexity index is 717. The Morgan fingerprint density at radius 3 is 2.42 bits per heavy atom. The Labute approximate surface area is 148 Å². The van der Waals surface area contributed by atoms with Crippen molar-refractivity contribution in [3.8, 4) is 0 Å². The molecule has 1 heterocycles. The van der Waals surface area contributed by atoms with Gasteiger partial charge in [-0.05, 0) is 30.9 Å².